The van der Waals surface area contributed by atoms with Gasteiger partial charge in [0.25, 0.3) is 0 Å². The smallest absolute Gasteiger partial charge is 0.229 e. The number of fused-ring (bicyclic) bond motifs is 5. The number of benzene rings is 3. The molecule has 12 nitrogen and oxygen atoms in total. The van der Waals surface area contributed by atoms with Crippen molar-refractivity contribution in [1.29, 1.82) is 0 Å². The lowest BCUT2D eigenvalue weighted by Gasteiger charge is -2.51. The van der Waals surface area contributed by atoms with Crippen LogP contribution in [0.4, 0.5) is 0 Å². The van der Waals surface area contributed by atoms with E-state index < -0.39 is 76.9 Å². The molecule has 0 spiro atoms. The number of ketones is 1. The Morgan fingerprint density at radius 2 is 1.80 bits per heavy atom. The van der Waals surface area contributed by atoms with Crippen LogP contribution < -0.4 is 15.2 Å². The van der Waals surface area contributed by atoms with Crippen molar-refractivity contribution in [3.05, 3.63) is 76.9 Å². The molecule has 0 amide bonds. The number of ether oxygens (including phenoxy) is 3. The lowest BCUT2D eigenvalue weighted by molar-refractivity contribution is -0.304. The van der Waals surface area contributed by atoms with Crippen molar-refractivity contribution in [3.8, 4) is 17.2 Å². The summed E-state index contributed by atoms with van der Waals surface area (Å²) in [5.74, 6) is -1.54. The largest absolute Gasteiger partial charge is 0.506 e. The van der Waals surface area contributed by atoms with E-state index in [4.69, 9.17) is 19.9 Å². The van der Waals surface area contributed by atoms with Crippen LogP contribution in [-0.2, 0) is 17.8 Å². The molecule has 1 aliphatic carbocycles. The van der Waals surface area contributed by atoms with E-state index in [1.807, 2.05) is 30.3 Å². The average molecular weight is 730 g/mol. The molecular formula is C36H43NO11S2. The summed E-state index contributed by atoms with van der Waals surface area (Å²) in [6, 6.07) is 12.1. The minimum atomic E-state index is -1.94. The number of Topliss-reactive ketones (excluding diaryl/α,β-unsaturated/α-hetero) is 1. The summed E-state index contributed by atoms with van der Waals surface area (Å²) in [4.78, 5) is 13.9. The highest BCUT2D eigenvalue weighted by Gasteiger charge is 2.57. The number of carbonyl (C=O) groups excluding carboxylic acids is 1. The lowest BCUT2D eigenvalue weighted by atomic mass is 9.69. The summed E-state index contributed by atoms with van der Waals surface area (Å²) in [6.45, 7) is 0.795. The number of phenolic OH excluding ortho intramolecular Hbond substituents is 1. The van der Waals surface area contributed by atoms with E-state index in [0.29, 0.717) is 22.9 Å². The van der Waals surface area contributed by atoms with Gasteiger partial charge >= 0.3 is 0 Å². The third-order valence-corrected chi connectivity index (χ3v) is 13.3. The Labute approximate surface area is 297 Å². The number of phenols is 1. The van der Waals surface area contributed by atoms with E-state index in [0.717, 1.165) is 5.56 Å². The number of aliphatic hydroxyl groups excluding tert-OH is 5. The van der Waals surface area contributed by atoms with E-state index in [1.165, 1.54) is 40.8 Å². The Morgan fingerprint density at radius 1 is 1.06 bits per heavy atom. The number of carbonyl (C=O) groups is 1. The summed E-state index contributed by atoms with van der Waals surface area (Å²) in [5.41, 5.74) is 6.13. The zero-order chi connectivity index (χ0) is 35.9. The third kappa shape index (κ3) is 6.74. The average Bonchev–Trinajstić information content (AvgIpc) is 3.10. The minimum Gasteiger partial charge on any atom is -0.506 e. The van der Waals surface area contributed by atoms with Gasteiger partial charge in [-0.15, -0.1) is 0 Å². The summed E-state index contributed by atoms with van der Waals surface area (Å²) < 4.78 is 18.0. The van der Waals surface area contributed by atoms with Crippen molar-refractivity contribution < 1.29 is 54.8 Å². The molecule has 0 aromatic heterocycles. The third-order valence-electron chi connectivity index (χ3n) is 9.95. The van der Waals surface area contributed by atoms with E-state index in [2.05, 4.69) is 0 Å². The van der Waals surface area contributed by atoms with Gasteiger partial charge in [0.2, 0.25) is 6.29 Å². The molecule has 1 saturated heterocycles. The molecule has 3 aromatic carbocycles. The highest BCUT2D eigenvalue weighted by Crippen LogP contribution is 2.49. The van der Waals surface area contributed by atoms with E-state index in [-0.39, 0.29) is 41.9 Å². The van der Waals surface area contributed by atoms with E-state index in [9.17, 15) is 40.5 Å². The molecule has 2 heterocycles. The van der Waals surface area contributed by atoms with Gasteiger partial charge in [0.15, 0.2) is 5.78 Å². The van der Waals surface area contributed by atoms with Gasteiger partial charge < -0.3 is 55.7 Å². The zero-order valence-electron chi connectivity index (χ0n) is 27.6. The first kappa shape index (κ1) is 36.9. The van der Waals surface area contributed by atoms with Gasteiger partial charge in [-0.3, -0.25) is 4.79 Å². The van der Waals surface area contributed by atoms with Gasteiger partial charge in [-0.1, -0.05) is 64.1 Å². The number of aromatic hydroxyl groups is 1. The summed E-state index contributed by atoms with van der Waals surface area (Å²) >= 11 is 0. The van der Waals surface area contributed by atoms with Crippen molar-refractivity contribution >= 4 is 38.1 Å². The Morgan fingerprint density at radius 3 is 2.48 bits per heavy atom. The molecule has 1 fully saturated rings. The second-order valence-electron chi connectivity index (χ2n) is 13.2. The highest BCUT2D eigenvalue weighted by molar-refractivity contribution is 8.77. The Hall–Kier alpha value is -2.89. The van der Waals surface area contributed by atoms with Crippen molar-refractivity contribution in [2.45, 2.75) is 85.6 Å². The number of aryl methyl sites for hydroxylation is 1. The highest BCUT2D eigenvalue weighted by atomic mass is 33.1. The maximum Gasteiger partial charge on any atom is 0.229 e. The predicted octanol–water partition coefficient (Wildman–Crippen LogP) is 2.12. The van der Waals surface area contributed by atoms with Gasteiger partial charge in [0, 0.05) is 40.5 Å². The van der Waals surface area contributed by atoms with Crippen LogP contribution in [0.2, 0.25) is 0 Å². The molecule has 14 heteroatoms. The molecule has 10 atom stereocenters. The molecule has 2 aliphatic heterocycles. The van der Waals surface area contributed by atoms with Crippen LogP contribution in [0.25, 0.3) is 10.8 Å². The molecule has 3 aliphatic rings. The molecule has 50 heavy (non-hydrogen) atoms. The van der Waals surface area contributed by atoms with E-state index in [1.54, 1.807) is 19.1 Å². The van der Waals surface area contributed by atoms with Crippen molar-refractivity contribution in [3.63, 3.8) is 0 Å². The zero-order valence-corrected chi connectivity index (χ0v) is 29.2. The number of hydrogen-bond donors (Lipinski definition) is 8. The van der Waals surface area contributed by atoms with Crippen molar-refractivity contribution in [1.82, 2.24) is 0 Å². The normalized spacial score (nSPS) is 33.2. The summed E-state index contributed by atoms with van der Waals surface area (Å²) in [6.07, 6.45) is -5.01. The molecule has 3 aromatic rings. The second-order valence-corrected chi connectivity index (χ2v) is 16.0. The maximum absolute atomic E-state index is 13.9. The van der Waals surface area contributed by atoms with Gasteiger partial charge in [0.1, 0.15) is 47.3 Å². The summed E-state index contributed by atoms with van der Waals surface area (Å²) in [5, 5.41) is 78.2. The van der Waals surface area contributed by atoms with Crippen LogP contribution >= 0.6 is 21.6 Å². The second kappa shape index (κ2) is 15.0. The molecular weight excluding hydrogens is 687 g/mol. The molecule has 0 saturated carbocycles. The first-order valence-corrected chi connectivity index (χ1v) is 18.7. The Kier molecular flexibility index (Phi) is 11.1. The number of aliphatic hydroxyl groups is 6. The van der Waals surface area contributed by atoms with Crippen LogP contribution in [0.3, 0.4) is 0 Å². The Balaban J connectivity index is 1.55. The van der Waals surface area contributed by atoms with Crippen LogP contribution in [-0.4, -0.2) is 108 Å². The lowest BCUT2D eigenvalue weighted by Crippen LogP contribution is -2.68. The molecule has 0 unspecified atom stereocenters. The standard InChI is InChI=1S/C36H43NO11S2/c1-17-10-21-22(16-39)25(46-2)14-26-29(21)30(41)28(17)24(40)13-20(15-38)49-50-27(11-18-6-4-3-5-7-18)23-12-19(37)8-9-36(23,45)34-32(43)31(42)33(44)35(47-26)48-34/h3-10,14,19-20,23,27,31-35,38-39,41-45H,11-13,15-16,37H2,1-2H3/t19-,20-,23-,27-,31-,32-,33+,34+,35-,36-/m0/s1. The fraction of sp³-hybridized carbons (Fsp3) is 0.472. The fourth-order valence-electron chi connectivity index (χ4n) is 7.34. The van der Waals surface area contributed by atoms with Gasteiger partial charge in [-0.2, -0.15) is 0 Å². The molecule has 9 N–H and O–H groups in total. The quantitative estimate of drug-likeness (QED) is 0.140. The van der Waals surface area contributed by atoms with Crippen LogP contribution in [0.5, 0.6) is 17.2 Å². The van der Waals surface area contributed by atoms with Crippen LogP contribution in [0, 0.1) is 12.8 Å². The fourth-order valence-corrected chi connectivity index (χ4v) is 10.5. The topological polar surface area (TPSA) is 212 Å². The minimum absolute atomic E-state index is 0.00878. The van der Waals surface area contributed by atoms with Gasteiger partial charge in [0.05, 0.1) is 31.3 Å². The predicted molar refractivity (Wildman–Crippen MR) is 189 cm³/mol. The van der Waals surface area contributed by atoms with Gasteiger partial charge in [-0.05, 0) is 42.3 Å². The number of nitrogens with two attached hydrogens (primary N) is 1. The maximum atomic E-state index is 13.9. The van der Waals surface area contributed by atoms with Crippen LogP contribution in [0.15, 0.2) is 54.6 Å². The first-order chi connectivity index (χ1) is 23.9. The molecule has 270 valence electrons. The number of rotatable bonds is 5. The monoisotopic (exact) mass is 729 g/mol. The number of methoxy groups -OCH3 is 1. The number of hydrogen-bond acceptors (Lipinski definition) is 14. The molecule has 0 radical (unpaired) electrons. The van der Waals surface area contributed by atoms with Crippen molar-refractivity contribution in [2.75, 3.05) is 13.7 Å². The summed E-state index contributed by atoms with van der Waals surface area (Å²) in [7, 11) is 4.02. The molecule has 6 rings (SSSR count). The van der Waals surface area contributed by atoms with Gasteiger partial charge in [-0.25, -0.2) is 0 Å². The van der Waals surface area contributed by atoms with E-state index >= 15 is 0 Å². The molecule has 4 bridgehead atoms. The van der Waals surface area contributed by atoms with Crippen molar-refractivity contribution in [2.24, 2.45) is 11.7 Å². The van der Waals surface area contributed by atoms with Crippen LogP contribution in [0.1, 0.15) is 39.9 Å². The SMILES string of the molecule is COc1cc2c3c(O)c(c(C)cc3c1CO)C(=O)C[C@@H](CO)SS[C@@H](Cc1ccccc1)[C@@H]1C[C@@H](N)C=C[C@@]1(O)[C@@H]1O[C@H](O2)[C@H](O)[C@@H](O)[C@@H]1O. The Bertz CT molecular complexity index is 1740. The first-order valence-electron chi connectivity index (χ1n) is 16.4.